The Morgan fingerprint density at radius 3 is 2.53 bits per heavy atom. The highest BCUT2D eigenvalue weighted by molar-refractivity contribution is 5.31. The summed E-state index contributed by atoms with van der Waals surface area (Å²) in [6.07, 6.45) is -0.562. The number of hydrogen-bond acceptors (Lipinski definition) is 6. The van der Waals surface area contributed by atoms with Crippen LogP contribution in [0.1, 0.15) is 11.1 Å². The lowest BCUT2D eigenvalue weighted by atomic mass is 10.2. The molecule has 3 rings (SSSR count). The second-order valence-electron chi connectivity index (χ2n) is 7.77. The number of hydrogen-bond donors (Lipinski definition) is 1. The molecule has 6 nitrogen and oxygen atoms in total. The van der Waals surface area contributed by atoms with Crippen LogP contribution < -0.4 is 9.47 Å². The quantitative estimate of drug-likeness (QED) is 0.610. The molecular weight excluding hydrogens is 380 g/mol. The molecule has 164 valence electrons. The van der Waals surface area contributed by atoms with Gasteiger partial charge in [0.05, 0.1) is 20.3 Å². The first kappa shape index (κ1) is 22.6. The fraction of sp³-hybridized carbons (Fsp3) is 0.500. The minimum Gasteiger partial charge on any atom is -0.497 e. The van der Waals surface area contributed by atoms with Crippen molar-refractivity contribution in [3.05, 3.63) is 59.7 Å². The largest absolute Gasteiger partial charge is 0.497 e. The van der Waals surface area contributed by atoms with Crippen LogP contribution in [0, 0.1) is 6.92 Å². The van der Waals surface area contributed by atoms with Crippen LogP contribution in [0.2, 0.25) is 0 Å². The highest BCUT2D eigenvalue weighted by Crippen LogP contribution is 2.17. The normalized spacial score (nSPS) is 15.9. The molecule has 1 saturated heterocycles. The zero-order valence-corrected chi connectivity index (χ0v) is 18.1. The molecule has 0 saturated carbocycles. The fourth-order valence-corrected chi connectivity index (χ4v) is 3.59. The van der Waals surface area contributed by atoms with E-state index in [1.165, 1.54) is 5.56 Å². The zero-order valence-electron chi connectivity index (χ0n) is 18.1. The molecule has 1 N–H and O–H groups in total. The van der Waals surface area contributed by atoms with Gasteiger partial charge in [-0.05, 0) is 36.2 Å². The first-order valence-corrected chi connectivity index (χ1v) is 10.7. The van der Waals surface area contributed by atoms with Crippen molar-refractivity contribution in [3.63, 3.8) is 0 Å². The maximum atomic E-state index is 10.6. The topological polar surface area (TPSA) is 54.4 Å². The Kier molecular flexibility index (Phi) is 8.96. The molecule has 0 bridgehead atoms. The highest BCUT2D eigenvalue weighted by atomic mass is 16.5. The van der Waals surface area contributed by atoms with Gasteiger partial charge in [-0.2, -0.15) is 0 Å². The predicted octanol–water partition coefficient (Wildman–Crippen LogP) is 2.58. The molecule has 0 spiro atoms. The van der Waals surface area contributed by atoms with Crippen molar-refractivity contribution in [2.24, 2.45) is 0 Å². The summed E-state index contributed by atoms with van der Waals surface area (Å²) in [5.41, 5.74) is 2.27. The average molecular weight is 415 g/mol. The molecule has 1 fully saturated rings. The standard InChI is InChI=1S/C24H34N2O4/c1-20-5-3-4-6-24(20)30-19-22(27)18-26(12-11-25-13-15-29-16-14-25)17-21-7-9-23(28-2)10-8-21/h3-10,22,27H,11-19H2,1-2H3. The van der Waals surface area contributed by atoms with Gasteiger partial charge in [-0.1, -0.05) is 30.3 Å². The third-order valence-corrected chi connectivity index (χ3v) is 5.40. The molecule has 0 radical (unpaired) electrons. The summed E-state index contributed by atoms with van der Waals surface area (Å²) in [6, 6.07) is 16.0. The lowest BCUT2D eigenvalue weighted by Gasteiger charge is -2.31. The third kappa shape index (κ3) is 7.29. The molecule has 1 aliphatic rings. The monoisotopic (exact) mass is 414 g/mol. The van der Waals surface area contributed by atoms with Crippen LogP contribution in [0.15, 0.2) is 48.5 Å². The average Bonchev–Trinajstić information content (AvgIpc) is 2.78. The van der Waals surface area contributed by atoms with Crippen LogP contribution in [0.5, 0.6) is 11.5 Å². The number of methoxy groups -OCH3 is 1. The number of rotatable bonds is 11. The molecule has 0 aromatic heterocycles. The Balaban J connectivity index is 1.56. The first-order valence-electron chi connectivity index (χ1n) is 10.7. The highest BCUT2D eigenvalue weighted by Gasteiger charge is 2.16. The fourth-order valence-electron chi connectivity index (χ4n) is 3.59. The Morgan fingerprint density at radius 2 is 1.83 bits per heavy atom. The van der Waals surface area contributed by atoms with Gasteiger partial charge in [0.25, 0.3) is 0 Å². The van der Waals surface area contributed by atoms with E-state index in [1.54, 1.807) is 7.11 Å². The number of nitrogens with zero attached hydrogens (tertiary/aromatic N) is 2. The van der Waals surface area contributed by atoms with Gasteiger partial charge in [0.2, 0.25) is 0 Å². The maximum absolute atomic E-state index is 10.6. The molecule has 6 heteroatoms. The van der Waals surface area contributed by atoms with Crippen molar-refractivity contribution < 1.29 is 19.3 Å². The van der Waals surface area contributed by atoms with Crippen LogP contribution in [-0.4, -0.2) is 80.7 Å². The first-order chi connectivity index (χ1) is 14.6. The number of para-hydroxylation sites is 1. The Labute approximate surface area is 180 Å². The number of ether oxygens (including phenoxy) is 3. The predicted molar refractivity (Wildman–Crippen MR) is 118 cm³/mol. The molecule has 1 heterocycles. The molecular formula is C24H34N2O4. The zero-order chi connectivity index (χ0) is 21.2. The maximum Gasteiger partial charge on any atom is 0.122 e. The van der Waals surface area contributed by atoms with Crippen molar-refractivity contribution in [3.8, 4) is 11.5 Å². The molecule has 1 atom stereocenters. The summed E-state index contributed by atoms with van der Waals surface area (Å²) in [7, 11) is 1.68. The molecule has 0 aliphatic carbocycles. The van der Waals surface area contributed by atoms with Crippen LogP contribution in [-0.2, 0) is 11.3 Å². The van der Waals surface area contributed by atoms with E-state index in [1.807, 2.05) is 43.3 Å². The lowest BCUT2D eigenvalue weighted by Crippen LogP contribution is -2.43. The molecule has 2 aromatic carbocycles. The van der Waals surface area contributed by atoms with Gasteiger partial charge in [-0.3, -0.25) is 9.80 Å². The lowest BCUT2D eigenvalue weighted by molar-refractivity contribution is 0.0255. The van der Waals surface area contributed by atoms with E-state index in [-0.39, 0.29) is 6.61 Å². The second-order valence-corrected chi connectivity index (χ2v) is 7.77. The number of benzene rings is 2. The summed E-state index contributed by atoms with van der Waals surface area (Å²) < 4.78 is 16.6. The van der Waals surface area contributed by atoms with E-state index < -0.39 is 6.10 Å². The third-order valence-electron chi connectivity index (χ3n) is 5.40. The van der Waals surface area contributed by atoms with Gasteiger partial charge in [0.1, 0.15) is 24.2 Å². The summed E-state index contributed by atoms with van der Waals surface area (Å²) in [6.45, 7) is 9.00. The Bertz CT molecular complexity index is 747. The van der Waals surface area contributed by atoms with E-state index >= 15 is 0 Å². The van der Waals surface area contributed by atoms with Crippen molar-refractivity contribution in [2.45, 2.75) is 19.6 Å². The molecule has 1 aliphatic heterocycles. The van der Waals surface area contributed by atoms with Gasteiger partial charge in [0.15, 0.2) is 0 Å². The summed E-state index contributed by atoms with van der Waals surface area (Å²) >= 11 is 0. The van der Waals surface area contributed by atoms with Gasteiger partial charge < -0.3 is 19.3 Å². The second kappa shape index (κ2) is 11.9. The van der Waals surface area contributed by atoms with Crippen molar-refractivity contribution in [1.29, 1.82) is 0 Å². The van der Waals surface area contributed by atoms with Crippen LogP contribution >= 0.6 is 0 Å². The van der Waals surface area contributed by atoms with E-state index in [0.717, 1.165) is 63.0 Å². The van der Waals surface area contributed by atoms with Crippen molar-refractivity contribution in [2.75, 3.05) is 59.7 Å². The molecule has 0 amide bonds. The van der Waals surface area contributed by atoms with Crippen molar-refractivity contribution >= 4 is 0 Å². The van der Waals surface area contributed by atoms with E-state index in [0.29, 0.717) is 6.54 Å². The van der Waals surface area contributed by atoms with E-state index in [4.69, 9.17) is 14.2 Å². The molecule has 2 aromatic rings. The SMILES string of the molecule is COc1ccc(CN(CCN2CCOCC2)CC(O)COc2ccccc2C)cc1. The number of morpholine rings is 1. The minimum atomic E-state index is -0.562. The summed E-state index contributed by atoms with van der Waals surface area (Å²) in [5.74, 6) is 1.68. The Hall–Kier alpha value is -2.12. The van der Waals surface area contributed by atoms with Crippen LogP contribution in [0.3, 0.4) is 0 Å². The van der Waals surface area contributed by atoms with Gasteiger partial charge in [-0.15, -0.1) is 0 Å². The van der Waals surface area contributed by atoms with Crippen molar-refractivity contribution in [1.82, 2.24) is 9.80 Å². The number of aliphatic hydroxyl groups excluding tert-OH is 1. The van der Waals surface area contributed by atoms with Gasteiger partial charge in [-0.25, -0.2) is 0 Å². The van der Waals surface area contributed by atoms with Gasteiger partial charge in [0, 0.05) is 39.3 Å². The minimum absolute atomic E-state index is 0.279. The summed E-state index contributed by atoms with van der Waals surface area (Å²) in [5, 5.41) is 10.6. The van der Waals surface area contributed by atoms with Crippen LogP contribution in [0.25, 0.3) is 0 Å². The summed E-state index contributed by atoms with van der Waals surface area (Å²) in [4.78, 5) is 4.71. The Morgan fingerprint density at radius 1 is 1.10 bits per heavy atom. The smallest absolute Gasteiger partial charge is 0.122 e. The molecule has 1 unspecified atom stereocenters. The van der Waals surface area contributed by atoms with Crippen LogP contribution in [0.4, 0.5) is 0 Å². The van der Waals surface area contributed by atoms with E-state index in [9.17, 15) is 5.11 Å². The molecule has 30 heavy (non-hydrogen) atoms. The number of aliphatic hydroxyl groups is 1. The number of aryl methyl sites for hydroxylation is 1. The van der Waals surface area contributed by atoms with E-state index in [2.05, 4.69) is 21.9 Å². The van der Waals surface area contributed by atoms with Gasteiger partial charge >= 0.3 is 0 Å².